The second-order valence-electron chi connectivity index (χ2n) is 6.94. The van der Waals surface area contributed by atoms with Gasteiger partial charge in [-0.05, 0) is 71.5 Å². The number of hydrogen-bond acceptors (Lipinski definition) is 3. The molecule has 4 rings (SSSR count). The molecule has 0 bridgehead atoms. The molecule has 0 aliphatic heterocycles. The van der Waals surface area contributed by atoms with Crippen molar-refractivity contribution in [3.63, 3.8) is 0 Å². The largest absolute Gasteiger partial charge is 0.481 e. The normalized spacial score (nSPS) is 13.3. The number of carboxylic acids is 1. The molecule has 1 aliphatic rings. The Morgan fingerprint density at radius 2 is 1.57 bits per heavy atom. The first kappa shape index (κ1) is 18.4. The third kappa shape index (κ3) is 3.58. The van der Waals surface area contributed by atoms with Crippen molar-refractivity contribution >= 4 is 28.1 Å². The second-order valence-corrected chi connectivity index (χ2v) is 8.39. The van der Waals surface area contributed by atoms with Gasteiger partial charge in [-0.1, -0.05) is 30.3 Å². The van der Waals surface area contributed by atoms with E-state index in [9.17, 15) is 9.00 Å². The van der Waals surface area contributed by atoms with E-state index in [2.05, 4.69) is 47.4 Å². The maximum Gasteiger partial charge on any atom is 0.316 e. The predicted molar refractivity (Wildman–Crippen MR) is 113 cm³/mol. The maximum atomic E-state index is 12.0. The molecular formula is C23H21NO3S. The Balaban J connectivity index is 1.62. The lowest BCUT2D eigenvalue weighted by molar-refractivity contribution is -0.133. The van der Waals surface area contributed by atoms with Crippen LogP contribution in [0.15, 0.2) is 71.6 Å². The van der Waals surface area contributed by atoms with Crippen LogP contribution in [0.5, 0.6) is 0 Å². The van der Waals surface area contributed by atoms with Gasteiger partial charge in [0.2, 0.25) is 0 Å². The summed E-state index contributed by atoms with van der Waals surface area (Å²) in [6, 6.07) is 22.3. The number of aliphatic carboxylic acids is 1. The molecule has 1 atom stereocenters. The van der Waals surface area contributed by atoms with E-state index >= 15 is 0 Å². The van der Waals surface area contributed by atoms with E-state index in [-0.39, 0.29) is 5.75 Å². The molecule has 5 heteroatoms. The average molecular weight is 391 g/mol. The minimum Gasteiger partial charge on any atom is -0.481 e. The van der Waals surface area contributed by atoms with Crippen molar-refractivity contribution in [2.75, 3.05) is 17.7 Å². The molecule has 0 fully saturated rings. The Labute approximate surface area is 166 Å². The van der Waals surface area contributed by atoms with Crippen molar-refractivity contribution in [1.82, 2.24) is 0 Å². The highest BCUT2D eigenvalue weighted by atomic mass is 32.2. The standard InChI is InChI=1S/C23H21NO3S/c1-24(18-10-12-20(13-11-18)28(27)15-23(25)26)19-9-8-17-7-6-16-4-2-3-5-21(16)22(17)14-19/h2-5,8-14H,6-7,15H2,1H3,(H,25,26). The lowest BCUT2D eigenvalue weighted by Crippen LogP contribution is -2.12. The van der Waals surface area contributed by atoms with Gasteiger partial charge in [0, 0.05) is 23.3 Å². The Morgan fingerprint density at radius 3 is 2.29 bits per heavy atom. The summed E-state index contributed by atoms with van der Waals surface area (Å²) in [5.74, 6) is -1.44. The maximum absolute atomic E-state index is 12.0. The van der Waals surface area contributed by atoms with E-state index in [0.29, 0.717) is 4.90 Å². The number of carbonyl (C=O) groups is 1. The van der Waals surface area contributed by atoms with Crippen molar-refractivity contribution < 1.29 is 14.1 Å². The molecule has 0 spiro atoms. The van der Waals surface area contributed by atoms with Crippen LogP contribution in [-0.2, 0) is 28.4 Å². The summed E-state index contributed by atoms with van der Waals surface area (Å²) < 4.78 is 12.0. The van der Waals surface area contributed by atoms with Gasteiger partial charge in [0.1, 0.15) is 5.75 Å². The monoisotopic (exact) mass is 391 g/mol. The fraction of sp³-hybridized carbons (Fsp3) is 0.174. The Morgan fingerprint density at radius 1 is 0.929 bits per heavy atom. The zero-order valence-electron chi connectivity index (χ0n) is 15.6. The topological polar surface area (TPSA) is 57.6 Å². The van der Waals surface area contributed by atoms with Gasteiger partial charge in [-0.15, -0.1) is 0 Å². The predicted octanol–water partition coefficient (Wildman–Crippen LogP) is 4.41. The lowest BCUT2D eigenvalue weighted by Gasteiger charge is -2.24. The third-order valence-electron chi connectivity index (χ3n) is 5.19. The minimum atomic E-state index is -1.52. The average Bonchev–Trinajstić information content (AvgIpc) is 2.72. The highest BCUT2D eigenvalue weighted by Crippen LogP contribution is 2.37. The first-order chi connectivity index (χ1) is 13.5. The zero-order valence-corrected chi connectivity index (χ0v) is 16.4. The van der Waals surface area contributed by atoms with E-state index in [4.69, 9.17) is 5.11 Å². The van der Waals surface area contributed by atoms with Gasteiger partial charge >= 0.3 is 5.97 Å². The molecule has 28 heavy (non-hydrogen) atoms. The van der Waals surface area contributed by atoms with Gasteiger partial charge < -0.3 is 10.0 Å². The highest BCUT2D eigenvalue weighted by molar-refractivity contribution is 7.85. The van der Waals surface area contributed by atoms with E-state index in [1.807, 2.05) is 19.2 Å². The van der Waals surface area contributed by atoms with Gasteiger partial charge in [-0.2, -0.15) is 0 Å². The first-order valence-corrected chi connectivity index (χ1v) is 10.5. The molecule has 0 heterocycles. The second kappa shape index (κ2) is 7.60. The van der Waals surface area contributed by atoms with Crippen LogP contribution in [0, 0.1) is 0 Å². The van der Waals surface area contributed by atoms with Crippen molar-refractivity contribution in [3.05, 3.63) is 77.9 Å². The van der Waals surface area contributed by atoms with E-state index < -0.39 is 16.8 Å². The summed E-state index contributed by atoms with van der Waals surface area (Å²) in [4.78, 5) is 13.4. The molecular weight excluding hydrogens is 370 g/mol. The number of fused-ring (bicyclic) bond motifs is 3. The number of hydrogen-bond donors (Lipinski definition) is 1. The van der Waals surface area contributed by atoms with Crippen LogP contribution < -0.4 is 4.90 Å². The zero-order chi connectivity index (χ0) is 19.7. The number of aryl methyl sites for hydroxylation is 2. The minimum absolute atomic E-state index is 0.376. The van der Waals surface area contributed by atoms with Crippen molar-refractivity contribution in [1.29, 1.82) is 0 Å². The SMILES string of the molecule is CN(c1ccc(S(=O)CC(=O)O)cc1)c1ccc2c(c1)-c1ccccc1CC2. The molecule has 3 aromatic rings. The molecule has 0 saturated carbocycles. The molecule has 1 aliphatic carbocycles. The summed E-state index contributed by atoms with van der Waals surface area (Å²) in [6.45, 7) is 0. The molecule has 0 saturated heterocycles. The van der Waals surface area contributed by atoms with Crippen molar-refractivity contribution in [2.45, 2.75) is 17.7 Å². The van der Waals surface area contributed by atoms with Crippen molar-refractivity contribution in [2.24, 2.45) is 0 Å². The van der Waals surface area contributed by atoms with Gasteiger partial charge in [0.15, 0.2) is 0 Å². The Bertz CT molecular complexity index is 1060. The molecule has 4 nitrogen and oxygen atoms in total. The van der Waals surface area contributed by atoms with Gasteiger partial charge in [-0.25, -0.2) is 0 Å². The molecule has 0 amide bonds. The van der Waals surface area contributed by atoms with Crippen LogP contribution in [0.3, 0.4) is 0 Å². The molecule has 0 aromatic heterocycles. The van der Waals surface area contributed by atoms with Gasteiger partial charge in [0.25, 0.3) is 0 Å². The molecule has 142 valence electrons. The Kier molecular flexibility index (Phi) is 5.01. The third-order valence-corrected chi connectivity index (χ3v) is 6.50. The van der Waals surface area contributed by atoms with Gasteiger partial charge in [0.05, 0.1) is 10.8 Å². The summed E-state index contributed by atoms with van der Waals surface area (Å²) in [5, 5.41) is 8.80. The number of carboxylic acid groups (broad SMARTS) is 1. The van der Waals surface area contributed by atoms with Crippen LogP contribution in [0.25, 0.3) is 11.1 Å². The smallest absolute Gasteiger partial charge is 0.316 e. The van der Waals surface area contributed by atoms with E-state index in [1.165, 1.54) is 22.3 Å². The summed E-state index contributed by atoms with van der Waals surface area (Å²) in [6.07, 6.45) is 2.13. The number of anilines is 2. The highest BCUT2D eigenvalue weighted by Gasteiger charge is 2.17. The van der Waals surface area contributed by atoms with Gasteiger partial charge in [-0.3, -0.25) is 9.00 Å². The summed E-state index contributed by atoms with van der Waals surface area (Å²) in [5.41, 5.74) is 7.38. The number of nitrogens with zero attached hydrogens (tertiary/aromatic N) is 1. The van der Waals surface area contributed by atoms with Crippen LogP contribution in [0.1, 0.15) is 11.1 Å². The fourth-order valence-corrected chi connectivity index (χ4v) is 4.51. The van der Waals surface area contributed by atoms with Crippen LogP contribution >= 0.6 is 0 Å². The fourth-order valence-electron chi connectivity index (χ4n) is 3.68. The van der Waals surface area contributed by atoms with Crippen LogP contribution in [0.4, 0.5) is 11.4 Å². The van der Waals surface area contributed by atoms with E-state index in [1.54, 1.807) is 12.1 Å². The molecule has 0 radical (unpaired) electrons. The molecule has 1 unspecified atom stereocenters. The van der Waals surface area contributed by atoms with Crippen LogP contribution in [-0.4, -0.2) is 28.1 Å². The first-order valence-electron chi connectivity index (χ1n) is 9.18. The Hall–Kier alpha value is -2.92. The quantitative estimate of drug-likeness (QED) is 0.700. The van der Waals surface area contributed by atoms with Crippen molar-refractivity contribution in [3.8, 4) is 11.1 Å². The molecule has 3 aromatic carbocycles. The molecule has 1 N–H and O–H groups in total. The lowest BCUT2D eigenvalue weighted by atomic mass is 9.85. The summed E-state index contributed by atoms with van der Waals surface area (Å²) >= 11 is 0. The summed E-state index contributed by atoms with van der Waals surface area (Å²) in [7, 11) is 0.475. The van der Waals surface area contributed by atoms with E-state index in [0.717, 1.165) is 24.2 Å². The number of rotatable bonds is 5. The number of benzene rings is 3. The van der Waals surface area contributed by atoms with Crippen LogP contribution in [0.2, 0.25) is 0 Å².